The summed E-state index contributed by atoms with van der Waals surface area (Å²) in [7, 11) is 2.05. The zero-order chi connectivity index (χ0) is 8.72. The highest BCUT2D eigenvalue weighted by Crippen LogP contribution is 2.17. The number of rotatable bonds is 0. The molecule has 0 aliphatic rings. The zero-order valence-corrected chi connectivity index (χ0v) is 7.63. The van der Waals surface area contributed by atoms with Gasteiger partial charge in [0.05, 0.1) is 11.0 Å². The fraction of sp³-hybridized carbons (Fsp3) is 0.300. The molecule has 0 saturated carbocycles. The van der Waals surface area contributed by atoms with Gasteiger partial charge in [0.25, 0.3) is 0 Å². The lowest BCUT2D eigenvalue weighted by molar-refractivity contribution is 0.963. The van der Waals surface area contributed by atoms with Gasteiger partial charge in [-0.2, -0.15) is 0 Å². The van der Waals surface area contributed by atoms with Crippen molar-refractivity contribution in [3.8, 4) is 0 Å². The van der Waals surface area contributed by atoms with Crippen LogP contribution < -0.4 is 0 Å². The average Bonchev–Trinajstić information content (AvgIpc) is 2.28. The van der Waals surface area contributed by atoms with Crippen molar-refractivity contribution in [2.75, 3.05) is 0 Å². The SMILES string of the molecule is Cc1ccc2c(n1)c(C)cn2C. The Kier molecular flexibility index (Phi) is 1.43. The predicted octanol–water partition coefficient (Wildman–Crippen LogP) is 2.19. The molecule has 0 amide bonds. The summed E-state index contributed by atoms with van der Waals surface area (Å²) in [5.74, 6) is 0. The normalized spacial score (nSPS) is 10.9. The van der Waals surface area contributed by atoms with Crippen LogP contribution in [0.5, 0.6) is 0 Å². The second-order valence-electron chi connectivity index (χ2n) is 3.24. The van der Waals surface area contributed by atoms with E-state index in [-0.39, 0.29) is 0 Å². The number of pyridine rings is 1. The van der Waals surface area contributed by atoms with Crippen LogP contribution in [0.2, 0.25) is 0 Å². The molecule has 12 heavy (non-hydrogen) atoms. The smallest absolute Gasteiger partial charge is 0.0913 e. The molecule has 0 atom stereocenters. The average molecular weight is 160 g/mol. The van der Waals surface area contributed by atoms with Gasteiger partial charge in [0.15, 0.2) is 0 Å². The van der Waals surface area contributed by atoms with Gasteiger partial charge in [-0.15, -0.1) is 0 Å². The minimum Gasteiger partial charge on any atom is -0.349 e. The van der Waals surface area contributed by atoms with E-state index in [1.807, 2.05) is 20.0 Å². The molecule has 2 heterocycles. The van der Waals surface area contributed by atoms with Gasteiger partial charge in [-0.05, 0) is 31.5 Å². The van der Waals surface area contributed by atoms with Crippen molar-refractivity contribution < 1.29 is 0 Å². The molecule has 0 unspecified atom stereocenters. The van der Waals surface area contributed by atoms with Crippen LogP contribution in [0.25, 0.3) is 11.0 Å². The maximum Gasteiger partial charge on any atom is 0.0913 e. The number of hydrogen-bond acceptors (Lipinski definition) is 1. The van der Waals surface area contributed by atoms with Crippen molar-refractivity contribution in [2.24, 2.45) is 7.05 Å². The Morgan fingerprint density at radius 2 is 2.00 bits per heavy atom. The van der Waals surface area contributed by atoms with Gasteiger partial charge in [-0.3, -0.25) is 4.98 Å². The second kappa shape index (κ2) is 2.34. The molecule has 2 nitrogen and oxygen atoms in total. The van der Waals surface area contributed by atoms with Gasteiger partial charge in [-0.25, -0.2) is 0 Å². The third kappa shape index (κ3) is 0.916. The van der Waals surface area contributed by atoms with Crippen molar-refractivity contribution in [3.05, 3.63) is 29.6 Å². The first-order valence-corrected chi connectivity index (χ1v) is 4.08. The van der Waals surface area contributed by atoms with Crippen LogP contribution in [0, 0.1) is 13.8 Å². The molecular weight excluding hydrogens is 148 g/mol. The Labute approximate surface area is 71.8 Å². The molecule has 0 spiro atoms. The van der Waals surface area contributed by atoms with Crippen LogP contribution in [0.15, 0.2) is 18.3 Å². The summed E-state index contributed by atoms with van der Waals surface area (Å²) < 4.78 is 2.11. The van der Waals surface area contributed by atoms with Crippen LogP contribution in [0.4, 0.5) is 0 Å². The Balaban J connectivity index is 2.90. The summed E-state index contributed by atoms with van der Waals surface area (Å²) in [5.41, 5.74) is 4.66. The molecule has 0 radical (unpaired) electrons. The van der Waals surface area contributed by atoms with E-state index in [0.29, 0.717) is 0 Å². The van der Waals surface area contributed by atoms with Crippen LogP contribution >= 0.6 is 0 Å². The fourth-order valence-corrected chi connectivity index (χ4v) is 1.55. The predicted molar refractivity (Wildman–Crippen MR) is 50.2 cm³/mol. The van der Waals surface area contributed by atoms with Crippen molar-refractivity contribution in [1.29, 1.82) is 0 Å². The molecule has 0 saturated heterocycles. The molecule has 62 valence electrons. The molecule has 0 fully saturated rings. The van der Waals surface area contributed by atoms with Crippen LogP contribution in [0.3, 0.4) is 0 Å². The topological polar surface area (TPSA) is 17.8 Å². The Bertz CT molecular complexity index is 427. The van der Waals surface area contributed by atoms with E-state index in [0.717, 1.165) is 11.2 Å². The van der Waals surface area contributed by atoms with Gasteiger partial charge >= 0.3 is 0 Å². The number of fused-ring (bicyclic) bond motifs is 1. The first-order valence-electron chi connectivity index (χ1n) is 4.08. The molecule has 0 aliphatic heterocycles. The van der Waals surface area contributed by atoms with Gasteiger partial charge in [0.1, 0.15) is 0 Å². The highest BCUT2D eigenvalue weighted by atomic mass is 14.9. The zero-order valence-electron chi connectivity index (χ0n) is 7.63. The van der Waals surface area contributed by atoms with E-state index < -0.39 is 0 Å². The van der Waals surface area contributed by atoms with E-state index in [1.54, 1.807) is 0 Å². The summed E-state index contributed by atoms with van der Waals surface area (Å²) in [6.45, 7) is 4.11. The summed E-state index contributed by atoms with van der Waals surface area (Å²) >= 11 is 0. The molecule has 2 aromatic heterocycles. The number of hydrogen-bond donors (Lipinski definition) is 0. The lowest BCUT2D eigenvalue weighted by atomic mass is 10.3. The minimum atomic E-state index is 1.08. The third-order valence-corrected chi connectivity index (χ3v) is 2.15. The van der Waals surface area contributed by atoms with E-state index in [2.05, 4.69) is 28.7 Å². The monoisotopic (exact) mass is 160 g/mol. The summed E-state index contributed by atoms with van der Waals surface area (Å²) in [4.78, 5) is 4.48. The van der Waals surface area contributed by atoms with Crippen LogP contribution in [-0.2, 0) is 7.05 Å². The maximum atomic E-state index is 4.48. The fourth-order valence-electron chi connectivity index (χ4n) is 1.55. The van der Waals surface area contributed by atoms with Gasteiger partial charge in [0, 0.05) is 18.9 Å². The first kappa shape index (κ1) is 7.35. The lowest BCUT2D eigenvalue weighted by Crippen LogP contribution is -1.85. The van der Waals surface area contributed by atoms with E-state index in [9.17, 15) is 0 Å². The summed E-state index contributed by atoms with van der Waals surface area (Å²) in [6, 6.07) is 4.16. The lowest BCUT2D eigenvalue weighted by Gasteiger charge is -1.95. The van der Waals surface area contributed by atoms with Gasteiger partial charge < -0.3 is 4.57 Å². The number of nitrogens with zero attached hydrogens (tertiary/aromatic N) is 2. The van der Waals surface area contributed by atoms with Gasteiger partial charge in [-0.1, -0.05) is 0 Å². The minimum absolute atomic E-state index is 1.08. The Hall–Kier alpha value is -1.31. The molecule has 2 aromatic rings. The molecule has 2 rings (SSSR count). The van der Waals surface area contributed by atoms with Crippen molar-refractivity contribution in [3.63, 3.8) is 0 Å². The van der Waals surface area contributed by atoms with Crippen molar-refractivity contribution in [2.45, 2.75) is 13.8 Å². The molecule has 0 aliphatic carbocycles. The molecule has 0 N–H and O–H groups in total. The largest absolute Gasteiger partial charge is 0.349 e. The standard InChI is InChI=1S/C10H12N2/c1-7-6-12(3)9-5-4-8(2)11-10(7)9/h4-6H,1-3H3. The van der Waals surface area contributed by atoms with E-state index >= 15 is 0 Å². The van der Waals surface area contributed by atoms with Crippen LogP contribution in [-0.4, -0.2) is 9.55 Å². The Morgan fingerprint density at radius 3 is 2.75 bits per heavy atom. The quantitative estimate of drug-likeness (QED) is 0.577. The maximum absolute atomic E-state index is 4.48. The summed E-state index contributed by atoms with van der Waals surface area (Å²) in [6.07, 6.45) is 2.11. The van der Waals surface area contributed by atoms with Gasteiger partial charge in [0.2, 0.25) is 0 Å². The molecule has 0 aromatic carbocycles. The molecule has 0 bridgehead atoms. The Morgan fingerprint density at radius 1 is 1.25 bits per heavy atom. The molecule has 2 heteroatoms. The van der Waals surface area contributed by atoms with E-state index in [1.165, 1.54) is 11.1 Å². The van der Waals surface area contributed by atoms with Crippen molar-refractivity contribution in [1.82, 2.24) is 9.55 Å². The molecular formula is C10H12N2. The summed E-state index contributed by atoms with van der Waals surface area (Å²) in [5, 5.41) is 0. The second-order valence-corrected chi connectivity index (χ2v) is 3.24. The van der Waals surface area contributed by atoms with E-state index in [4.69, 9.17) is 0 Å². The number of aromatic nitrogens is 2. The highest BCUT2D eigenvalue weighted by molar-refractivity contribution is 5.79. The van der Waals surface area contributed by atoms with Crippen LogP contribution in [0.1, 0.15) is 11.3 Å². The number of aryl methyl sites for hydroxylation is 3. The van der Waals surface area contributed by atoms with Crippen molar-refractivity contribution >= 4 is 11.0 Å². The third-order valence-electron chi connectivity index (χ3n) is 2.15. The highest BCUT2D eigenvalue weighted by Gasteiger charge is 2.02. The first-order chi connectivity index (χ1) is 5.68.